The lowest BCUT2D eigenvalue weighted by molar-refractivity contribution is -0.128. The molecule has 1 heterocycles. The Morgan fingerprint density at radius 1 is 1.50 bits per heavy atom. The van der Waals surface area contributed by atoms with Gasteiger partial charge in [-0.05, 0) is 30.6 Å². The second-order valence-corrected chi connectivity index (χ2v) is 4.70. The van der Waals surface area contributed by atoms with Crippen LogP contribution in [0.3, 0.4) is 0 Å². The Bertz CT molecular complexity index is 206. The first kappa shape index (κ1) is 8.09. The number of amides is 1. The van der Waals surface area contributed by atoms with Gasteiger partial charge < -0.3 is 4.90 Å². The summed E-state index contributed by atoms with van der Waals surface area (Å²) in [6.45, 7) is 6.03. The van der Waals surface area contributed by atoms with Gasteiger partial charge in [0.2, 0.25) is 5.91 Å². The van der Waals surface area contributed by atoms with E-state index in [2.05, 4.69) is 6.92 Å². The molecule has 1 aliphatic carbocycles. The van der Waals surface area contributed by atoms with Crippen LogP contribution in [0.15, 0.2) is 0 Å². The van der Waals surface area contributed by atoms with Gasteiger partial charge in [-0.2, -0.15) is 0 Å². The zero-order valence-corrected chi connectivity index (χ0v) is 7.97. The maximum absolute atomic E-state index is 11.1. The molecule has 2 aliphatic rings. The highest BCUT2D eigenvalue weighted by Gasteiger charge is 2.46. The number of carbonyl (C=O) groups excluding carboxylic acids is 1. The Morgan fingerprint density at radius 3 is 2.58 bits per heavy atom. The van der Waals surface area contributed by atoms with Crippen LogP contribution in [0.2, 0.25) is 0 Å². The van der Waals surface area contributed by atoms with Gasteiger partial charge in [0.1, 0.15) is 0 Å². The Kier molecular flexibility index (Phi) is 1.67. The molecule has 0 aromatic heterocycles. The third kappa shape index (κ3) is 1.13. The molecule has 1 spiro atoms. The summed E-state index contributed by atoms with van der Waals surface area (Å²) in [6.07, 6.45) is 3.94. The Morgan fingerprint density at radius 2 is 2.17 bits per heavy atom. The molecule has 2 fully saturated rings. The fraction of sp³-hybridized carbons (Fsp3) is 0.900. The van der Waals surface area contributed by atoms with Gasteiger partial charge in [0, 0.05) is 20.0 Å². The van der Waals surface area contributed by atoms with Crippen LogP contribution in [-0.4, -0.2) is 23.9 Å². The SMILES string of the molecule is CC(=O)N1CCC2(CC(C)C2)C1. The number of nitrogens with zero attached hydrogens (tertiary/aromatic N) is 1. The van der Waals surface area contributed by atoms with Gasteiger partial charge in [-0.1, -0.05) is 6.92 Å². The lowest BCUT2D eigenvalue weighted by atomic mass is 9.62. The van der Waals surface area contributed by atoms with Crippen LogP contribution >= 0.6 is 0 Å². The Balaban J connectivity index is 1.95. The predicted octanol–water partition coefficient (Wildman–Crippen LogP) is 1.65. The molecule has 2 nitrogen and oxygen atoms in total. The first-order valence-corrected chi connectivity index (χ1v) is 4.87. The van der Waals surface area contributed by atoms with Crippen molar-refractivity contribution in [2.45, 2.75) is 33.1 Å². The maximum Gasteiger partial charge on any atom is 0.219 e. The van der Waals surface area contributed by atoms with Crippen molar-refractivity contribution in [2.24, 2.45) is 11.3 Å². The van der Waals surface area contributed by atoms with Crippen molar-refractivity contribution in [2.75, 3.05) is 13.1 Å². The number of rotatable bonds is 0. The van der Waals surface area contributed by atoms with E-state index in [9.17, 15) is 4.79 Å². The lowest BCUT2D eigenvalue weighted by Gasteiger charge is -2.43. The van der Waals surface area contributed by atoms with E-state index in [1.807, 2.05) is 4.90 Å². The first-order chi connectivity index (χ1) is 5.61. The monoisotopic (exact) mass is 167 g/mol. The van der Waals surface area contributed by atoms with Crippen molar-refractivity contribution in [3.63, 3.8) is 0 Å². The van der Waals surface area contributed by atoms with E-state index < -0.39 is 0 Å². The van der Waals surface area contributed by atoms with E-state index in [1.165, 1.54) is 19.3 Å². The number of carbonyl (C=O) groups is 1. The molecular weight excluding hydrogens is 150 g/mol. The third-order valence-corrected chi connectivity index (χ3v) is 3.45. The molecule has 1 saturated heterocycles. The average Bonchev–Trinajstić information content (AvgIpc) is 2.31. The molecular formula is C10H17NO. The molecule has 2 heteroatoms. The van der Waals surface area contributed by atoms with Crippen molar-refractivity contribution in [1.82, 2.24) is 4.90 Å². The highest BCUT2D eigenvalue weighted by atomic mass is 16.2. The van der Waals surface area contributed by atoms with Crippen LogP contribution in [0, 0.1) is 11.3 Å². The van der Waals surface area contributed by atoms with Gasteiger partial charge >= 0.3 is 0 Å². The zero-order chi connectivity index (χ0) is 8.77. The van der Waals surface area contributed by atoms with Gasteiger partial charge in [-0.3, -0.25) is 4.79 Å². The Labute approximate surface area is 73.9 Å². The molecule has 0 unspecified atom stereocenters. The van der Waals surface area contributed by atoms with Crippen LogP contribution in [0.1, 0.15) is 33.1 Å². The van der Waals surface area contributed by atoms with E-state index in [0.29, 0.717) is 5.41 Å². The minimum absolute atomic E-state index is 0.256. The van der Waals surface area contributed by atoms with Crippen molar-refractivity contribution in [3.05, 3.63) is 0 Å². The number of likely N-dealkylation sites (tertiary alicyclic amines) is 1. The topological polar surface area (TPSA) is 20.3 Å². The fourth-order valence-corrected chi connectivity index (χ4v) is 2.96. The molecule has 1 saturated carbocycles. The van der Waals surface area contributed by atoms with Crippen LogP contribution in [0.5, 0.6) is 0 Å². The summed E-state index contributed by atoms with van der Waals surface area (Å²) in [6, 6.07) is 0. The average molecular weight is 167 g/mol. The quantitative estimate of drug-likeness (QED) is 0.537. The van der Waals surface area contributed by atoms with Crippen molar-refractivity contribution in [3.8, 4) is 0 Å². The molecule has 12 heavy (non-hydrogen) atoms. The molecule has 0 bridgehead atoms. The summed E-state index contributed by atoms with van der Waals surface area (Å²) >= 11 is 0. The lowest BCUT2D eigenvalue weighted by Crippen LogP contribution is -2.39. The standard InChI is InChI=1S/C10H17NO/c1-8-5-10(6-8)3-4-11(7-10)9(2)12/h8H,3-7H2,1-2H3. The largest absolute Gasteiger partial charge is 0.342 e. The molecule has 0 aromatic rings. The molecule has 68 valence electrons. The van der Waals surface area contributed by atoms with E-state index >= 15 is 0 Å². The highest BCUT2D eigenvalue weighted by Crippen LogP contribution is 2.51. The molecule has 2 rings (SSSR count). The summed E-state index contributed by atoms with van der Waals surface area (Å²) < 4.78 is 0. The second kappa shape index (κ2) is 2.48. The Hall–Kier alpha value is -0.530. The molecule has 0 atom stereocenters. The third-order valence-electron chi connectivity index (χ3n) is 3.45. The number of hydrogen-bond acceptors (Lipinski definition) is 1. The number of hydrogen-bond donors (Lipinski definition) is 0. The molecule has 0 aromatic carbocycles. The van der Waals surface area contributed by atoms with Gasteiger partial charge in [-0.15, -0.1) is 0 Å². The minimum atomic E-state index is 0.256. The van der Waals surface area contributed by atoms with E-state index in [0.717, 1.165) is 19.0 Å². The van der Waals surface area contributed by atoms with Crippen molar-refractivity contribution >= 4 is 5.91 Å². The summed E-state index contributed by atoms with van der Waals surface area (Å²) in [7, 11) is 0. The van der Waals surface area contributed by atoms with E-state index in [1.54, 1.807) is 6.92 Å². The molecule has 0 N–H and O–H groups in total. The van der Waals surface area contributed by atoms with E-state index in [4.69, 9.17) is 0 Å². The molecule has 1 aliphatic heterocycles. The van der Waals surface area contributed by atoms with Gasteiger partial charge in [0.15, 0.2) is 0 Å². The van der Waals surface area contributed by atoms with Gasteiger partial charge in [0.05, 0.1) is 0 Å². The fourth-order valence-electron chi connectivity index (χ4n) is 2.96. The van der Waals surface area contributed by atoms with Gasteiger partial charge in [0.25, 0.3) is 0 Å². The smallest absolute Gasteiger partial charge is 0.219 e. The summed E-state index contributed by atoms with van der Waals surface area (Å²) in [5.41, 5.74) is 0.547. The normalized spacial score (nSPS) is 40.2. The zero-order valence-electron chi connectivity index (χ0n) is 7.97. The highest BCUT2D eigenvalue weighted by molar-refractivity contribution is 5.73. The van der Waals surface area contributed by atoms with Crippen molar-refractivity contribution in [1.29, 1.82) is 0 Å². The van der Waals surface area contributed by atoms with Gasteiger partial charge in [-0.25, -0.2) is 0 Å². The second-order valence-electron chi connectivity index (χ2n) is 4.70. The summed E-state index contributed by atoms with van der Waals surface area (Å²) in [5, 5.41) is 0. The minimum Gasteiger partial charge on any atom is -0.342 e. The molecule has 1 amide bonds. The van der Waals surface area contributed by atoms with Crippen LogP contribution in [0.25, 0.3) is 0 Å². The summed E-state index contributed by atoms with van der Waals surface area (Å²) in [4.78, 5) is 13.1. The van der Waals surface area contributed by atoms with Crippen molar-refractivity contribution < 1.29 is 4.79 Å². The maximum atomic E-state index is 11.1. The van der Waals surface area contributed by atoms with Crippen LogP contribution in [-0.2, 0) is 4.79 Å². The predicted molar refractivity (Wildman–Crippen MR) is 47.7 cm³/mol. The molecule has 0 radical (unpaired) electrons. The van der Waals surface area contributed by atoms with Crippen LogP contribution in [0.4, 0.5) is 0 Å². The summed E-state index contributed by atoms with van der Waals surface area (Å²) in [5.74, 6) is 1.16. The van der Waals surface area contributed by atoms with E-state index in [-0.39, 0.29) is 5.91 Å². The van der Waals surface area contributed by atoms with Crippen LogP contribution < -0.4 is 0 Å². The first-order valence-electron chi connectivity index (χ1n) is 4.87.